The molecule has 3 aromatic rings. The van der Waals surface area contributed by atoms with Gasteiger partial charge in [0.05, 0.1) is 16.0 Å². The predicted molar refractivity (Wildman–Crippen MR) is 110 cm³/mol. The summed E-state index contributed by atoms with van der Waals surface area (Å²) in [6.07, 6.45) is -3.31. The Bertz CT molecular complexity index is 1170. The molecule has 0 spiro atoms. The number of carboxylic acids is 1. The van der Waals surface area contributed by atoms with Crippen LogP contribution in [0.2, 0.25) is 0 Å². The van der Waals surface area contributed by atoms with E-state index < -0.39 is 27.7 Å². The molecule has 0 atom stereocenters. The van der Waals surface area contributed by atoms with E-state index in [1.165, 1.54) is 6.07 Å². The molecule has 0 bridgehead atoms. The Morgan fingerprint density at radius 1 is 0.871 bits per heavy atom. The van der Waals surface area contributed by atoms with Crippen LogP contribution in [0, 0.1) is 0 Å². The number of hydrogen-bond acceptors (Lipinski definition) is 3. The number of anilines is 1. The summed E-state index contributed by atoms with van der Waals surface area (Å²) in [5, 5.41) is 9.04. The first-order valence-electron chi connectivity index (χ1n) is 9.16. The van der Waals surface area contributed by atoms with E-state index in [1.807, 2.05) is 6.07 Å². The Morgan fingerprint density at radius 3 is 2.06 bits per heavy atom. The molecule has 0 unspecified atom stereocenters. The Kier molecular flexibility index (Phi) is 6.35. The van der Waals surface area contributed by atoms with Crippen molar-refractivity contribution in [2.75, 3.05) is 4.72 Å². The molecule has 2 N–H and O–H groups in total. The monoisotopic (exact) mass is 449 g/mol. The number of sulfonamides is 1. The first-order chi connectivity index (χ1) is 14.5. The highest BCUT2D eigenvalue weighted by molar-refractivity contribution is 7.92. The summed E-state index contributed by atoms with van der Waals surface area (Å²) < 4.78 is 65.1. The van der Waals surface area contributed by atoms with Crippen LogP contribution in [0.4, 0.5) is 18.9 Å². The minimum Gasteiger partial charge on any atom is -0.478 e. The van der Waals surface area contributed by atoms with Crippen LogP contribution in [0.5, 0.6) is 0 Å². The normalized spacial score (nSPS) is 11.8. The first-order valence-corrected chi connectivity index (χ1v) is 10.6. The van der Waals surface area contributed by atoms with Crippen LogP contribution >= 0.6 is 0 Å². The van der Waals surface area contributed by atoms with E-state index in [1.54, 1.807) is 36.4 Å². The second-order valence-electron chi connectivity index (χ2n) is 6.83. The lowest BCUT2D eigenvalue weighted by molar-refractivity contribution is -0.137. The van der Waals surface area contributed by atoms with Crippen LogP contribution in [-0.4, -0.2) is 19.5 Å². The fraction of sp³-hybridized carbons (Fsp3) is 0.136. The molecule has 0 radical (unpaired) electrons. The molecule has 0 fully saturated rings. The van der Waals surface area contributed by atoms with Gasteiger partial charge in [-0.15, -0.1) is 0 Å². The summed E-state index contributed by atoms with van der Waals surface area (Å²) in [6.45, 7) is 0. The van der Waals surface area contributed by atoms with E-state index >= 15 is 0 Å². The fourth-order valence-corrected chi connectivity index (χ4v) is 3.98. The number of rotatable bonds is 7. The zero-order valence-corrected chi connectivity index (χ0v) is 16.9. The molecule has 0 saturated heterocycles. The van der Waals surface area contributed by atoms with Gasteiger partial charge in [-0.1, -0.05) is 24.3 Å². The van der Waals surface area contributed by atoms with Crippen LogP contribution < -0.4 is 4.72 Å². The minimum atomic E-state index is -4.54. The number of hydrogen-bond donors (Lipinski definition) is 2. The molecule has 0 aliphatic rings. The fourth-order valence-electron chi connectivity index (χ4n) is 2.93. The van der Waals surface area contributed by atoms with Crippen molar-refractivity contribution in [2.24, 2.45) is 0 Å². The summed E-state index contributed by atoms with van der Waals surface area (Å²) in [5.74, 6) is -0.994. The molecule has 9 heteroatoms. The molecule has 3 rings (SSSR count). The van der Waals surface area contributed by atoms with Crippen molar-refractivity contribution in [2.45, 2.75) is 23.9 Å². The average Bonchev–Trinajstić information content (AvgIpc) is 2.73. The predicted octanol–water partition coefficient (Wildman–Crippen LogP) is 4.99. The van der Waals surface area contributed by atoms with Gasteiger partial charge in [-0.2, -0.15) is 13.2 Å². The number of aromatic carboxylic acids is 1. The lowest BCUT2D eigenvalue weighted by Gasteiger charge is -2.11. The SMILES string of the molecule is O=C(O)c1cccc(CCc2ccc(NS(=O)(=O)c3ccc(C(F)(F)F)cc3)cc2)c1. The Balaban J connectivity index is 1.64. The topological polar surface area (TPSA) is 83.5 Å². The molecule has 3 aromatic carbocycles. The van der Waals surface area contributed by atoms with Crippen LogP contribution in [0.1, 0.15) is 27.0 Å². The second kappa shape index (κ2) is 8.81. The first kappa shape index (κ1) is 22.4. The van der Waals surface area contributed by atoms with Crippen molar-refractivity contribution in [1.29, 1.82) is 0 Å². The van der Waals surface area contributed by atoms with Gasteiger partial charge in [-0.05, 0) is 72.5 Å². The molecule has 31 heavy (non-hydrogen) atoms. The third-order valence-electron chi connectivity index (χ3n) is 4.57. The van der Waals surface area contributed by atoms with E-state index in [0.717, 1.165) is 35.4 Å². The Morgan fingerprint density at radius 2 is 1.48 bits per heavy atom. The van der Waals surface area contributed by atoms with Crippen LogP contribution in [0.15, 0.2) is 77.7 Å². The molecule has 0 aliphatic heterocycles. The van der Waals surface area contributed by atoms with Crippen LogP contribution in [-0.2, 0) is 29.0 Å². The second-order valence-corrected chi connectivity index (χ2v) is 8.51. The molecule has 0 aliphatic carbocycles. The van der Waals surface area contributed by atoms with Gasteiger partial charge in [0.1, 0.15) is 0 Å². The van der Waals surface area contributed by atoms with E-state index in [-0.39, 0.29) is 16.1 Å². The highest BCUT2D eigenvalue weighted by Crippen LogP contribution is 2.30. The van der Waals surface area contributed by atoms with Gasteiger partial charge in [-0.25, -0.2) is 13.2 Å². The highest BCUT2D eigenvalue weighted by Gasteiger charge is 2.30. The summed E-state index contributed by atoms with van der Waals surface area (Å²) >= 11 is 0. The summed E-state index contributed by atoms with van der Waals surface area (Å²) in [7, 11) is -4.03. The van der Waals surface area contributed by atoms with Crippen molar-refractivity contribution in [3.05, 3.63) is 95.1 Å². The van der Waals surface area contributed by atoms with Gasteiger partial charge in [0, 0.05) is 5.69 Å². The minimum absolute atomic E-state index is 0.213. The van der Waals surface area contributed by atoms with Crippen molar-refractivity contribution in [1.82, 2.24) is 0 Å². The van der Waals surface area contributed by atoms with E-state index in [2.05, 4.69) is 4.72 Å². The molecule has 5 nitrogen and oxygen atoms in total. The van der Waals surface area contributed by atoms with Crippen LogP contribution in [0.25, 0.3) is 0 Å². The third kappa shape index (κ3) is 5.85. The molecule has 162 valence electrons. The van der Waals surface area contributed by atoms with Crippen molar-refractivity contribution in [3.63, 3.8) is 0 Å². The maximum absolute atomic E-state index is 12.6. The zero-order chi connectivity index (χ0) is 22.6. The number of carboxylic acid groups (broad SMARTS) is 1. The molecule has 0 aromatic heterocycles. The largest absolute Gasteiger partial charge is 0.478 e. The van der Waals surface area contributed by atoms with E-state index in [4.69, 9.17) is 5.11 Å². The van der Waals surface area contributed by atoms with Gasteiger partial charge in [0.25, 0.3) is 10.0 Å². The zero-order valence-electron chi connectivity index (χ0n) is 16.1. The summed E-state index contributed by atoms with van der Waals surface area (Å²) in [4.78, 5) is 10.8. The average molecular weight is 449 g/mol. The quantitative estimate of drug-likeness (QED) is 0.532. The van der Waals surface area contributed by atoms with Gasteiger partial charge >= 0.3 is 12.1 Å². The lowest BCUT2D eigenvalue weighted by atomic mass is 10.0. The molecule has 0 heterocycles. The van der Waals surface area contributed by atoms with Crippen LogP contribution in [0.3, 0.4) is 0 Å². The van der Waals surface area contributed by atoms with Crippen molar-refractivity contribution >= 4 is 21.7 Å². The lowest BCUT2D eigenvalue weighted by Crippen LogP contribution is -2.13. The van der Waals surface area contributed by atoms with Gasteiger partial charge in [0.15, 0.2) is 0 Å². The smallest absolute Gasteiger partial charge is 0.416 e. The number of halogens is 3. The number of alkyl halides is 3. The van der Waals surface area contributed by atoms with Crippen molar-refractivity contribution in [3.8, 4) is 0 Å². The van der Waals surface area contributed by atoms with Gasteiger partial charge in [-0.3, -0.25) is 4.72 Å². The third-order valence-corrected chi connectivity index (χ3v) is 5.97. The van der Waals surface area contributed by atoms with Gasteiger partial charge < -0.3 is 5.11 Å². The molecule has 0 saturated carbocycles. The maximum Gasteiger partial charge on any atom is 0.416 e. The maximum atomic E-state index is 12.6. The number of aryl methyl sites for hydroxylation is 2. The Labute approximate surface area is 177 Å². The number of nitrogens with one attached hydrogen (secondary N) is 1. The molecular formula is C22H18F3NO4S. The van der Waals surface area contributed by atoms with Crippen molar-refractivity contribution < 1.29 is 31.5 Å². The standard InChI is InChI=1S/C22H18F3NO4S/c23-22(24,25)18-8-12-20(13-9-18)31(29,30)26-19-10-6-15(7-11-19)4-5-16-2-1-3-17(14-16)21(27)28/h1-3,6-14,26H,4-5H2,(H,27,28). The molecule has 0 amide bonds. The van der Waals surface area contributed by atoms with E-state index in [9.17, 15) is 26.4 Å². The number of benzene rings is 3. The summed E-state index contributed by atoms with van der Waals surface area (Å²) in [6, 6.07) is 16.5. The molecular weight excluding hydrogens is 431 g/mol. The Hall–Kier alpha value is -3.33. The summed E-state index contributed by atoms with van der Waals surface area (Å²) in [5.41, 5.74) is 1.34. The van der Waals surface area contributed by atoms with Gasteiger partial charge in [0.2, 0.25) is 0 Å². The number of carbonyl (C=O) groups is 1. The highest BCUT2D eigenvalue weighted by atomic mass is 32.2. The van der Waals surface area contributed by atoms with E-state index in [0.29, 0.717) is 12.8 Å².